The Morgan fingerprint density at radius 1 is 1.67 bits per heavy atom. The maximum atomic E-state index is 10.7. The Balaban J connectivity index is 2.63. The topological polar surface area (TPSA) is 30.0 Å². The van der Waals surface area contributed by atoms with Crippen LogP contribution in [0.25, 0.3) is 0 Å². The highest BCUT2D eigenvalue weighted by atomic mass is 32.2. The highest BCUT2D eigenvalue weighted by Gasteiger charge is 1.99. The zero-order valence-electron chi connectivity index (χ0n) is 7.20. The lowest BCUT2D eigenvalue weighted by Crippen LogP contribution is -1.89. The second kappa shape index (κ2) is 4.26. The van der Waals surface area contributed by atoms with Gasteiger partial charge in [0.15, 0.2) is 5.12 Å². The summed E-state index contributed by atoms with van der Waals surface area (Å²) in [5.74, 6) is 0.754. The lowest BCUT2D eigenvalue weighted by atomic mass is 10.2. The summed E-state index contributed by atoms with van der Waals surface area (Å²) in [5, 5.41) is 0.159. The normalized spacial score (nSPS) is 9.83. The lowest BCUT2D eigenvalue weighted by molar-refractivity contribution is -0.109. The second-order valence-corrected chi connectivity index (χ2v) is 3.73. The molecule has 0 aliphatic carbocycles. The minimum absolute atomic E-state index is 0.159. The number of thioether (sulfide) groups is 1. The Kier molecular flexibility index (Phi) is 3.29. The molecule has 1 rings (SSSR count). The summed E-state index contributed by atoms with van der Waals surface area (Å²) in [5.41, 5.74) is 2.33. The van der Waals surface area contributed by atoms with Crippen molar-refractivity contribution in [3.05, 3.63) is 29.6 Å². The summed E-state index contributed by atoms with van der Waals surface area (Å²) < 4.78 is 0. The van der Waals surface area contributed by atoms with Crippen LogP contribution in [0.2, 0.25) is 0 Å². The number of rotatable bonds is 2. The molecule has 0 saturated heterocycles. The molecule has 0 fully saturated rings. The van der Waals surface area contributed by atoms with Gasteiger partial charge in [-0.1, -0.05) is 11.8 Å². The van der Waals surface area contributed by atoms with Gasteiger partial charge in [0.2, 0.25) is 0 Å². The molecule has 12 heavy (non-hydrogen) atoms. The van der Waals surface area contributed by atoms with E-state index in [4.69, 9.17) is 0 Å². The fourth-order valence-electron chi connectivity index (χ4n) is 0.844. The van der Waals surface area contributed by atoms with Crippen molar-refractivity contribution < 1.29 is 4.79 Å². The molecule has 0 unspecified atom stereocenters. The first kappa shape index (κ1) is 9.26. The number of carbonyl (C=O) groups excluding carboxylic acids is 1. The second-order valence-electron chi connectivity index (χ2n) is 2.58. The number of hydrogen-bond donors (Lipinski definition) is 0. The maximum absolute atomic E-state index is 10.7. The van der Waals surface area contributed by atoms with Crippen LogP contribution >= 0.6 is 11.8 Å². The van der Waals surface area contributed by atoms with E-state index in [1.165, 1.54) is 17.3 Å². The van der Waals surface area contributed by atoms with E-state index in [0.29, 0.717) is 0 Å². The number of carbonyl (C=O) groups is 1. The summed E-state index contributed by atoms with van der Waals surface area (Å²) in [4.78, 5) is 14.7. The predicted octanol–water partition coefficient (Wildman–Crippen LogP) is 2.17. The summed E-state index contributed by atoms with van der Waals surface area (Å²) in [7, 11) is 0. The number of pyridine rings is 1. The van der Waals surface area contributed by atoms with Crippen LogP contribution in [-0.2, 0) is 10.5 Å². The van der Waals surface area contributed by atoms with E-state index < -0.39 is 0 Å². The van der Waals surface area contributed by atoms with E-state index >= 15 is 0 Å². The van der Waals surface area contributed by atoms with E-state index in [0.717, 1.165) is 11.3 Å². The van der Waals surface area contributed by atoms with Gasteiger partial charge in [-0.15, -0.1) is 0 Å². The maximum Gasteiger partial charge on any atom is 0.186 e. The van der Waals surface area contributed by atoms with E-state index in [2.05, 4.69) is 4.98 Å². The van der Waals surface area contributed by atoms with Crippen molar-refractivity contribution in [3.63, 3.8) is 0 Å². The highest BCUT2D eigenvalue weighted by molar-refractivity contribution is 8.12. The van der Waals surface area contributed by atoms with Crippen molar-refractivity contribution in [2.24, 2.45) is 0 Å². The third kappa shape index (κ3) is 2.66. The van der Waals surface area contributed by atoms with E-state index in [9.17, 15) is 4.79 Å². The van der Waals surface area contributed by atoms with Crippen molar-refractivity contribution in [3.8, 4) is 0 Å². The third-order valence-electron chi connectivity index (χ3n) is 1.57. The Hall–Kier alpha value is -0.830. The smallest absolute Gasteiger partial charge is 0.186 e. The van der Waals surface area contributed by atoms with Crippen LogP contribution in [0.15, 0.2) is 18.5 Å². The quantitative estimate of drug-likeness (QED) is 0.700. The number of hydrogen-bond acceptors (Lipinski definition) is 3. The van der Waals surface area contributed by atoms with Crippen LogP contribution in [0.4, 0.5) is 0 Å². The van der Waals surface area contributed by atoms with Crippen LogP contribution in [0.3, 0.4) is 0 Å². The molecular formula is C9H11NOS. The van der Waals surface area contributed by atoms with Crippen molar-refractivity contribution >= 4 is 16.9 Å². The van der Waals surface area contributed by atoms with Gasteiger partial charge in [0.1, 0.15) is 0 Å². The van der Waals surface area contributed by atoms with Gasteiger partial charge in [-0.05, 0) is 24.1 Å². The van der Waals surface area contributed by atoms with Gasteiger partial charge >= 0.3 is 0 Å². The molecule has 0 aromatic carbocycles. The minimum Gasteiger partial charge on any atom is -0.288 e. The zero-order valence-corrected chi connectivity index (χ0v) is 8.02. The largest absolute Gasteiger partial charge is 0.288 e. The Morgan fingerprint density at radius 3 is 3.00 bits per heavy atom. The first-order chi connectivity index (χ1) is 5.70. The summed E-state index contributed by atoms with van der Waals surface area (Å²) >= 11 is 1.33. The van der Waals surface area contributed by atoms with Crippen molar-refractivity contribution in [1.82, 2.24) is 4.98 Å². The molecule has 1 aromatic heterocycles. The molecule has 1 aromatic rings. The third-order valence-corrected chi connectivity index (χ3v) is 2.43. The van der Waals surface area contributed by atoms with Gasteiger partial charge < -0.3 is 0 Å². The molecule has 0 aliphatic heterocycles. The monoisotopic (exact) mass is 181 g/mol. The summed E-state index contributed by atoms with van der Waals surface area (Å²) in [6, 6.07) is 1.95. The highest BCUT2D eigenvalue weighted by Crippen LogP contribution is 2.14. The van der Waals surface area contributed by atoms with Gasteiger partial charge in [-0.25, -0.2) is 0 Å². The summed E-state index contributed by atoms with van der Waals surface area (Å²) in [6.45, 7) is 3.59. The molecule has 0 spiro atoms. The molecule has 1 heterocycles. The molecule has 0 atom stereocenters. The molecule has 0 N–H and O–H groups in total. The van der Waals surface area contributed by atoms with Gasteiger partial charge in [0.05, 0.1) is 0 Å². The zero-order chi connectivity index (χ0) is 8.97. The first-order valence-corrected chi connectivity index (χ1v) is 4.71. The van der Waals surface area contributed by atoms with E-state index in [-0.39, 0.29) is 5.12 Å². The summed E-state index contributed by atoms with van der Waals surface area (Å²) in [6.07, 6.45) is 3.57. The number of nitrogens with zero attached hydrogens (tertiary/aromatic N) is 1. The molecule has 64 valence electrons. The fourth-order valence-corrected chi connectivity index (χ4v) is 1.53. The number of aryl methyl sites for hydroxylation is 1. The molecule has 0 saturated carbocycles. The van der Waals surface area contributed by atoms with Gasteiger partial charge in [-0.3, -0.25) is 9.78 Å². The van der Waals surface area contributed by atoms with Crippen LogP contribution in [0, 0.1) is 6.92 Å². The average Bonchev–Trinajstić information content (AvgIpc) is 2.03. The van der Waals surface area contributed by atoms with Crippen molar-refractivity contribution in [2.75, 3.05) is 0 Å². The Bertz CT molecular complexity index is 286. The molecule has 0 aliphatic rings. The standard InChI is InChI=1S/C9H11NOS/c1-7-5-10-4-3-9(7)6-12-8(2)11/h3-5H,6H2,1-2H3. The predicted molar refractivity (Wildman–Crippen MR) is 51.0 cm³/mol. The van der Waals surface area contributed by atoms with Crippen molar-refractivity contribution in [1.29, 1.82) is 0 Å². The van der Waals surface area contributed by atoms with Crippen LogP contribution in [0.1, 0.15) is 18.1 Å². The molecule has 0 bridgehead atoms. The van der Waals surface area contributed by atoms with E-state index in [1.54, 1.807) is 13.1 Å². The van der Waals surface area contributed by atoms with Gasteiger partial charge in [0.25, 0.3) is 0 Å². The van der Waals surface area contributed by atoms with E-state index in [1.807, 2.05) is 19.2 Å². The average molecular weight is 181 g/mol. The van der Waals surface area contributed by atoms with Crippen LogP contribution < -0.4 is 0 Å². The van der Waals surface area contributed by atoms with Gasteiger partial charge in [0, 0.05) is 25.1 Å². The first-order valence-electron chi connectivity index (χ1n) is 3.73. The Morgan fingerprint density at radius 2 is 2.42 bits per heavy atom. The number of aromatic nitrogens is 1. The molecule has 2 nitrogen and oxygen atoms in total. The fraction of sp³-hybridized carbons (Fsp3) is 0.333. The van der Waals surface area contributed by atoms with Gasteiger partial charge in [-0.2, -0.15) is 0 Å². The minimum atomic E-state index is 0.159. The molecule has 3 heteroatoms. The SMILES string of the molecule is CC(=O)SCc1ccncc1C. The van der Waals surface area contributed by atoms with Crippen LogP contribution in [-0.4, -0.2) is 10.1 Å². The lowest BCUT2D eigenvalue weighted by Gasteiger charge is -2.01. The Labute approximate surface area is 76.4 Å². The van der Waals surface area contributed by atoms with Crippen LogP contribution in [0.5, 0.6) is 0 Å². The molecule has 0 radical (unpaired) electrons. The van der Waals surface area contributed by atoms with Crippen molar-refractivity contribution in [2.45, 2.75) is 19.6 Å². The molecular weight excluding hydrogens is 170 g/mol. The molecule has 0 amide bonds.